The van der Waals surface area contributed by atoms with E-state index in [1.54, 1.807) is 12.3 Å². The van der Waals surface area contributed by atoms with Crippen LogP contribution in [0.15, 0.2) is 42.6 Å². The zero-order chi connectivity index (χ0) is 16.9. The lowest BCUT2D eigenvalue weighted by Crippen LogP contribution is -2.42. The number of rotatable bonds is 6. The fourth-order valence-corrected chi connectivity index (χ4v) is 2.52. The minimum Gasteiger partial charge on any atom is -0.388 e. The lowest BCUT2D eigenvalue weighted by Gasteiger charge is -2.25. The Morgan fingerprint density at radius 1 is 1.17 bits per heavy atom. The Bertz CT molecular complexity index is 664. The van der Waals surface area contributed by atoms with Crippen molar-refractivity contribution in [2.75, 3.05) is 6.54 Å². The molecule has 0 saturated carbocycles. The standard InChI is InChI=1S/C19H24N2O2/c1-4-19(23,5-2)13-21-18(22)16-10-8-9-15(14(16)3)17-11-6-7-12-20-17/h6-12,23H,4-5,13H2,1-3H3,(H,21,22). The maximum atomic E-state index is 12.5. The zero-order valence-corrected chi connectivity index (χ0v) is 14.0. The molecule has 0 unspecified atom stereocenters. The van der Waals surface area contributed by atoms with E-state index in [1.165, 1.54) is 0 Å². The number of aliphatic hydroxyl groups is 1. The van der Waals surface area contributed by atoms with Gasteiger partial charge in [-0.2, -0.15) is 0 Å². The molecule has 0 atom stereocenters. The predicted molar refractivity (Wildman–Crippen MR) is 92.3 cm³/mol. The van der Waals surface area contributed by atoms with E-state index in [9.17, 15) is 9.90 Å². The van der Waals surface area contributed by atoms with Crippen LogP contribution in [0, 0.1) is 6.92 Å². The third kappa shape index (κ3) is 3.96. The molecule has 0 aliphatic carbocycles. The van der Waals surface area contributed by atoms with Crippen LogP contribution in [0.3, 0.4) is 0 Å². The zero-order valence-electron chi connectivity index (χ0n) is 14.0. The van der Waals surface area contributed by atoms with E-state index in [1.807, 2.05) is 51.1 Å². The van der Waals surface area contributed by atoms with Gasteiger partial charge < -0.3 is 10.4 Å². The molecule has 0 bridgehead atoms. The highest BCUT2D eigenvalue weighted by molar-refractivity contribution is 5.97. The molecule has 2 aromatic rings. The fraction of sp³-hybridized carbons (Fsp3) is 0.368. The van der Waals surface area contributed by atoms with Crippen LogP contribution in [0.5, 0.6) is 0 Å². The molecule has 2 rings (SSSR count). The third-order valence-corrected chi connectivity index (χ3v) is 4.41. The number of benzene rings is 1. The summed E-state index contributed by atoms with van der Waals surface area (Å²) >= 11 is 0. The van der Waals surface area contributed by atoms with E-state index in [0.717, 1.165) is 16.8 Å². The van der Waals surface area contributed by atoms with Crippen LogP contribution in [-0.4, -0.2) is 28.1 Å². The number of carbonyl (C=O) groups excluding carboxylic acids is 1. The summed E-state index contributed by atoms with van der Waals surface area (Å²) in [6.07, 6.45) is 2.96. The molecular formula is C19H24N2O2. The van der Waals surface area contributed by atoms with Crippen LogP contribution >= 0.6 is 0 Å². The Kier molecular flexibility index (Phi) is 5.50. The molecule has 0 radical (unpaired) electrons. The molecule has 0 fully saturated rings. The van der Waals surface area contributed by atoms with Crippen molar-refractivity contribution >= 4 is 5.91 Å². The number of aromatic nitrogens is 1. The lowest BCUT2D eigenvalue weighted by molar-refractivity contribution is 0.0314. The highest BCUT2D eigenvalue weighted by Gasteiger charge is 2.23. The number of nitrogens with zero attached hydrogens (tertiary/aromatic N) is 1. The monoisotopic (exact) mass is 312 g/mol. The van der Waals surface area contributed by atoms with Crippen LogP contribution in [0.1, 0.15) is 42.6 Å². The summed E-state index contributed by atoms with van der Waals surface area (Å²) in [4.78, 5) is 16.8. The van der Waals surface area contributed by atoms with Gasteiger partial charge in [-0.3, -0.25) is 9.78 Å². The number of amides is 1. The Morgan fingerprint density at radius 2 is 1.91 bits per heavy atom. The van der Waals surface area contributed by atoms with Gasteiger partial charge in [0, 0.05) is 23.9 Å². The molecule has 1 heterocycles. The molecule has 4 heteroatoms. The van der Waals surface area contributed by atoms with Crippen molar-refractivity contribution in [3.05, 3.63) is 53.7 Å². The molecule has 1 amide bonds. The molecule has 0 aliphatic rings. The molecule has 2 N–H and O–H groups in total. The van der Waals surface area contributed by atoms with Crippen LogP contribution < -0.4 is 5.32 Å². The van der Waals surface area contributed by atoms with E-state index < -0.39 is 5.60 Å². The first-order valence-electron chi connectivity index (χ1n) is 8.02. The first kappa shape index (κ1) is 17.2. The molecule has 1 aromatic carbocycles. The van der Waals surface area contributed by atoms with Crippen molar-refractivity contribution in [1.29, 1.82) is 0 Å². The Labute approximate surface area is 137 Å². The summed E-state index contributed by atoms with van der Waals surface area (Å²) in [6, 6.07) is 11.3. The molecular weight excluding hydrogens is 288 g/mol. The number of carbonyl (C=O) groups is 1. The van der Waals surface area contributed by atoms with Crippen molar-refractivity contribution in [2.24, 2.45) is 0 Å². The average molecular weight is 312 g/mol. The van der Waals surface area contributed by atoms with E-state index in [0.29, 0.717) is 18.4 Å². The summed E-state index contributed by atoms with van der Waals surface area (Å²) in [5, 5.41) is 13.2. The van der Waals surface area contributed by atoms with Gasteiger partial charge in [0.05, 0.1) is 11.3 Å². The quantitative estimate of drug-likeness (QED) is 0.860. The first-order valence-corrected chi connectivity index (χ1v) is 8.02. The Balaban J connectivity index is 2.22. The van der Waals surface area contributed by atoms with Crippen LogP contribution in [0.2, 0.25) is 0 Å². The maximum Gasteiger partial charge on any atom is 0.251 e. The summed E-state index contributed by atoms with van der Waals surface area (Å²) in [6.45, 7) is 6.02. The average Bonchev–Trinajstić information content (AvgIpc) is 2.60. The van der Waals surface area contributed by atoms with Crippen molar-refractivity contribution in [2.45, 2.75) is 39.2 Å². The summed E-state index contributed by atoms with van der Waals surface area (Å²) in [5.41, 5.74) is 2.45. The highest BCUT2D eigenvalue weighted by atomic mass is 16.3. The first-order chi connectivity index (χ1) is 11.0. The van der Waals surface area contributed by atoms with Gasteiger partial charge in [-0.1, -0.05) is 32.0 Å². The molecule has 23 heavy (non-hydrogen) atoms. The second kappa shape index (κ2) is 7.38. The molecule has 0 spiro atoms. The van der Waals surface area contributed by atoms with Gasteiger partial charge in [0.2, 0.25) is 0 Å². The molecule has 0 saturated heterocycles. The van der Waals surface area contributed by atoms with Gasteiger partial charge in [-0.25, -0.2) is 0 Å². The minimum absolute atomic E-state index is 0.166. The Hall–Kier alpha value is -2.20. The SMILES string of the molecule is CCC(O)(CC)CNC(=O)c1cccc(-c2ccccn2)c1C. The second-order valence-electron chi connectivity index (χ2n) is 5.81. The van der Waals surface area contributed by atoms with Gasteiger partial charge >= 0.3 is 0 Å². The van der Waals surface area contributed by atoms with Crippen molar-refractivity contribution in [3.63, 3.8) is 0 Å². The van der Waals surface area contributed by atoms with Crippen molar-refractivity contribution < 1.29 is 9.90 Å². The van der Waals surface area contributed by atoms with E-state index >= 15 is 0 Å². The number of hydrogen-bond acceptors (Lipinski definition) is 3. The normalized spacial score (nSPS) is 11.3. The smallest absolute Gasteiger partial charge is 0.251 e. The van der Waals surface area contributed by atoms with Gasteiger partial charge in [0.15, 0.2) is 0 Å². The molecule has 1 aromatic heterocycles. The fourth-order valence-electron chi connectivity index (χ4n) is 2.52. The van der Waals surface area contributed by atoms with Crippen molar-refractivity contribution in [1.82, 2.24) is 10.3 Å². The van der Waals surface area contributed by atoms with E-state index in [-0.39, 0.29) is 12.5 Å². The second-order valence-corrected chi connectivity index (χ2v) is 5.81. The largest absolute Gasteiger partial charge is 0.388 e. The number of nitrogens with one attached hydrogen (secondary N) is 1. The molecule has 4 nitrogen and oxygen atoms in total. The predicted octanol–water partition coefficient (Wildman–Crippen LogP) is 3.34. The number of hydrogen-bond donors (Lipinski definition) is 2. The topological polar surface area (TPSA) is 62.2 Å². The van der Waals surface area contributed by atoms with Crippen LogP contribution in [0.4, 0.5) is 0 Å². The van der Waals surface area contributed by atoms with E-state index in [2.05, 4.69) is 10.3 Å². The summed E-state index contributed by atoms with van der Waals surface area (Å²) in [7, 11) is 0. The van der Waals surface area contributed by atoms with Gasteiger partial charge in [0.1, 0.15) is 0 Å². The number of pyridine rings is 1. The lowest BCUT2D eigenvalue weighted by atomic mass is 9.96. The van der Waals surface area contributed by atoms with Gasteiger partial charge in [-0.05, 0) is 43.5 Å². The van der Waals surface area contributed by atoms with Crippen molar-refractivity contribution in [3.8, 4) is 11.3 Å². The van der Waals surface area contributed by atoms with Crippen LogP contribution in [0.25, 0.3) is 11.3 Å². The molecule has 122 valence electrons. The maximum absolute atomic E-state index is 12.5. The van der Waals surface area contributed by atoms with Gasteiger partial charge in [-0.15, -0.1) is 0 Å². The summed E-state index contributed by atoms with van der Waals surface area (Å²) < 4.78 is 0. The summed E-state index contributed by atoms with van der Waals surface area (Å²) in [5.74, 6) is -0.166. The minimum atomic E-state index is -0.845. The van der Waals surface area contributed by atoms with E-state index in [4.69, 9.17) is 0 Å². The van der Waals surface area contributed by atoms with Gasteiger partial charge in [0.25, 0.3) is 5.91 Å². The molecule has 0 aliphatic heterocycles. The highest BCUT2D eigenvalue weighted by Crippen LogP contribution is 2.24. The Morgan fingerprint density at radius 3 is 2.52 bits per heavy atom. The van der Waals surface area contributed by atoms with Crippen LogP contribution in [-0.2, 0) is 0 Å². The third-order valence-electron chi connectivity index (χ3n) is 4.41.